The van der Waals surface area contributed by atoms with Crippen molar-refractivity contribution in [1.29, 1.82) is 0 Å². The molecule has 0 spiro atoms. The molecule has 0 saturated heterocycles. The van der Waals surface area contributed by atoms with E-state index < -0.39 is 0 Å². The fourth-order valence-corrected chi connectivity index (χ4v) is 4.18. The summed E-state index contributed by atoms with van der Waals surface area (Å²) in [6.45, 7) is 3.35. The molecule has 0 unspecified atom stereocenters. The van der Waals surface area contributed by atoms with E-state index in [1.54, 1.807) is 18.4 Å². The summed E-state index contributed by atoms with van der Waals surface area (Å²) in [5.74, 6) is 0.767. The molecule has 27 heavy (non-hydrogen) atoms. The topological polar surface area (TPSA) is 67.1 Å². The molecule has 0 radical (unpaired) electrons. The lowest BCUT2D eigenvalue weighted by Gasteiger charge is -2.10. The molecule has 0 saturated carbocycles. The number of nitrogens with zero attached hydrogens (tertiary/aromatic N) is 4. The monoisotopic (exact) mass is 380 g/mol. The van der Waals surface area contributed by atoms with Crippen LogP contribution in [-0.2, 0) is 25.9 Å². The lowest BCUT2D eigenvalue weighted by Crippen LogP contribution is -2.36. The van der Waals surface area contributed by atoms with Gasteiger partial charge in [0.25, 0.3) is 0 Å². The van der Waals surface area contributed by atoms with E-state index >= 15 is 0 Å². The van der Waals surface area contributed by atoms with Crippen molar-refractivity contribution in [2.75, 3.05) is 7.05 Å². The van der Waals surface area contributed by atoms with Gasteiger partial charge >= 0.3 is 0 Å². The van der Waals surface area contributed by atoms with Crippen molar-refractivity contribution in [3.05, 3.63) is 63.4 Å². The van der Waals surface area contributed by atoms with Gasteiger partial charge in [0.2, 0.25) is 0 Å². The number of nitrogens with one attached hydrogen (secondary N) is 2. The van der Waals surface area contributed by atoms with E-state index in [0.29, 0.717) is 13.1 Å². The standard InChI is InChI=1S/C20H24N6S/c1-14-13-27-19(24-14)12-23-20(21-2)22-11-17-16-9-6-10-18(16)26(25-17)15-7-4-3-5-8-15/h3-5,7-8,13H,6,9-12H2,1-2H3,(H2,21,22,23). The van der Waals surface area contributed by atoms with Crippen LogP contribution < -0.4 is 10.6 Å². The summed E-state index contributed by atoms with van der Waals surface area (Å²) in [4.78, 5) is 8.80. The van der Waals surface area contributed by atoms with Crippen LogP contribution >= 0.6 is 11.3 Å². The maximum Gasteiger partial charge on any atom is 0.191 e. The summed E-state index contributed by atoms with van der Waals surface area (Å²) in [6, 6.07) is 10.4. The number of guanidine groups is 1. The number of aliphatic imine (C=N–C) groups is 1. The second-order valence-electron chi connectivity index (χ2n) is 6.63. The summed E-state index contributed by atoms with van der Waals surface area (Å²) in [7, 11) is 1.79. The SMILES string of the molecule is CN=C(NCc1nc(C)cs1)NCc1nn(-c2ccccc2)c2c1CCC2. The summed E-state index contributed by atoms with van der Waals surface area (Å²) in [5, 5.41) is 14.7. The normalized spacial score (nSPS) is 13.6. The van der Waals surface area contributed by atoms with Crippen molar-refractivity contribution in [3.8, 4) is 5.69 Å². The first-order chi connectivity index (χ1) is 13.2. The predicted octanol–water partition coefficient (Wildman–Crippen LogP) is 2.99. The number of rotatable bonds is 5. The average molecular weight is 381 g/mol. The number of hydrogen-bond donors (Lipinski definition) is 2. The highest BCUT2D eigenvalue weighted by atomic mass is 32.1. The highest BCUT2D eigenvalue weighted by Crippen LogP contribution is 2.27. The Balaban J connectivity index is 1.45. The van der Waals surface area contributed by atoms with E-state index in [9.17, 15) is 0 Å². The Morgan fingerprint density at radius 2 is 2.00 bits per heavy atom. The Bertz CT molecular complexity index is 941. The zero-order valence-corrected chi connectivity index (χ0v) is 16.5. The van der Waals surface area contributed by atoms with Gasteiger partial charge in [-0.2, -0.15) is 5.10 Å². The maximum atomic E-state index is 4.89. The molecular formula is C20H24N6S. The van der Waals surface area contributed by atoms with Crippen molar-refractivity contribution in [1.82, 2.24) is 25.4 Å². The van der Waals surface area contributed by atoms with Crippen LogP contribution in [0.3, 0.4) is 0 Å². The van der Waals surface area contributed by atoms with E-state index in [2.05, 4.69) is 54.9 Å². The molecule has 4 rings (SSSR count). The molecule has 2 heterocycles. The fraction of sp³-hybridized carbons (Fsp3) is 0.350. The average Bonchev–Trinajstić information content (AvgIpc) is 3.40. The van der Waals surface area contributed by atoms with Crippen molar-refractivity contribution in [2.24, 2.45) is 4.99 Å². The number of fused-ring (bicyclic) bond motifs is 1. The van der Waals surface area contributed by atoms with Crippen LogP contribution in [0.15, 0.2) is 40.7 Å². The Morgan fingerprint density at radius 1 is 1.19 bits per heavy atom. The molecule has 2 aromatic heterocycles. The van der Waals surface area contributed by atoms with Crippen LogP contribution in [0.25, 0.3) is 5.69 Å². The maximum absolute atomic E-state index is 4.89. The van der Waals surface area contributed by atoms with E-state index in [-0.39, 0.29) is 0 Å². The molecule has 2 N–H and O–H groups in total. The van der Waals surface area contributed by atoms with E-state index in [0.717, 1.165) is 40.9 Å². The molecule has 6 nitrogen and oxygen atoms in total. The molecular weight excluding hydrogens is 356 g/mol. The molecule has 140 valence electrons. The van der Waals surface area contributed by atoms with Gasteiger partial charge in [0, 0.05) is 23.8 Å². The van der Waals surface area contributed by atoms with E-state index in [4.69, 9.17) is 5.10 Å². The summed E-state index contributed by atoms with van der Waals surface area (Å²) in [5.41, 5.74) is 6.03. The zero-order chi connectivity index (χ0) is 18.6. The molecule has 1 aliphatic rings. The predicted molar refractivity (Wildman–Crippen MR) is 109 cm³/mol. The Kier molecular flexibility index (Phi) is 5.20. The molecule has 0 aliphatic heterocycles. The molecule has 0 atom stereocenters. The minimum Gasteiger partial charge on any atom is -0.351 e. The summed E-state index contributed by atoms with van der Waals surface area (Å²) >= 11 is 1.66. The van der Waals surface area contributed by atoms with Gasteiger partial charge in [0.15, 0.2) is 5.96 Å². The van der Waals surface area contributed by atoms with Crippen LogP contribution in [0.2, 0.25) is 0 Å². The quantitative estimate of drug-likeness (QED) is 0.527. The van der Waals surface area contributed by atoms with Gasteiger partial charge in [-0.05, 0) is 43.9 Å². The number of para-hydroxylation sites is 1. The smallest absolute Gasteiger partial charge is 0.191 e. The van der Waals surface area contributed by atoms with Crippen LogP contribution in [0, 0.1) is 6.92 Å². The largest absolute Gasteiger partial charge is 0.351 e. The van der Waals surface area contributed by atoms with Crippen molar-refractivity contribution >= 4 is 17.3 Å². The minimum atomic E-state index is 0.665. The lowest BCUT2D eigenvalue weighted by molar-refractivity contribution is 0.731. The summed E-state index contributed by atoms with van der Waals surface area (Å²) in [6.07, 6.45) is 3.39. The zero-order valence-electron chi connectivity index (χ0n) is 15.7. The molecule has 7 heteroatoms. The van der Waals surface area contributed by atoms with Gasteiger partial charge in [-0.3, -0.25) is 4.99 Å². The van der Waals surface area contributed by atoms with Crippen LogP contribution in [0.5, 0.6) is 0 Å². The first kappa shape index (κ1) is 17.7. The first-order valence-corrected chi connectivity index (χ1v) is 10.1. The molecule has 0 amide bonds. The number of hydrogen-bond acceptors (Lipinski definition) is 4. The van der Waals surface area contributed by atoms with E-state index in [1.165, 1.54) is 17.7 Å². The highest BCUT2D eigenvalue weighted by molar-refractivity contribution is 7.09. The Morgan fingerprint density at radius 3 is 2.74 bits per heavy atom. The third-order valence-corrected chi connectivity index (χ3v) is 5.70. The number of aromatic nitrogens is 3. The van der Waals surface area contributed by atoms with Crippen molar-refractivity contribution in [3.63, 3.8) is 0 Å². The number of aryl methyl sites for hydroxylation is 1. The van der Waals surface area contributed by atoms with Crippen LogP contribution in [0.1, 0.15) is 34.1 Å². The fourth-order valence-electron chi connectivity index (χ4n) is 3.47. The van der Waals surface area contributed by atoms with Gasteiger partial charge in [0.05, 0.1) is 24.5 Å². The third kappa shape index (κ3) is 3.88. The summed E-state index contributed by atoms with van der Waals surface area (Å²) < 4.78 is 2.11. The third-order valence-electron chi connectivity index (χ3n) is 4.73. The lowest BCUT2D eigenvalue weighted by atomic mass is 10.2. The van der Waals surface area contributed by atoms with Crippen molar-refractivity contribution in [2.45, 2.75) is 39.3 Å². The van der Waals surface area contributed by atoms with Gasteiger partial charge in [-0.15, -0.1) is 11.3 Å². The Labute approximate surface area is 163 Å². The minimum absolute atomic E-state index is 0.665. The van der Waals surface area contributed by atoms with Gasteiger partial charge in [0.1, 0.15) is 5.01 Å². The molecule has 1 aliphatic carbocycles. The molecule has 3 aromatic rings. The second kappa shape index (κ2) is 7.92. The van der Waals surface area contributed by atoms with Gasteiger partial charge in [-0.1, -0.05) is 18.2 Å². The van der Waals surface area contributed by atoms with Crippen LogP contribution in [0.4, 0.5) is 0 Å². The van der Waals surface area contributed by atoms with Gasteiger partial charge in [-0.25, -0.2) is 9.67 Å². The first-order valence-electron chi connectivity index (χ1n) is 9.25. The Hall–Kier alpha value is -2.67. The van der Waals surface area contributed by atoms with E-state index in [1.807, 2.05) is 13.0 Å². The number of benzene rings is 1. The van der Waals surface area contributed by atoms with Gasteiger partial charge < -0.3 is 10.6 Å². The van der Waals surface area contributed by atoms with Crippen LogP contribution in [-0.4, -0.2) is 27.8 Å². The molecule has 0 fully saturated rings. The highest BCUT2D eigenvalue weighted by Gasteiger charge is 2.23. The molecule has 1 aromatic carbocycles. The van der Waals surface area contributed by atoms with Crippen molar-refractivity contribution < 1.29 is 0 Å². The number of thiazole rings is 1. The second-order valence-corrected chi connectivity index (χ2v) is 7.58. The molecule has 0 bridgehead atoms.